The molecule has 1 saturated carbocycles. The molecule has 6 nitrogen and oxygen atoms in total. The average molecular weight is 333 g/mol. The molecule has 2 aliphatic rings. The van der Waals surface area contributed by atoms with Crippen LogP contribution in [0.3, 0.4) is 0 Å². The van der Waals surface area contributed by atoms with E-state index in [1.165, 1.54) is 30.6 Å². The molecule has 2 amide bonds. The monoisotopic (exact) mass is 333 g/mol. The molecule has 0 unspecified atom stereocenters. The van der Waals surface area contributed by atoms with Crippen LogP contribution in [0.1, 0.15) is 32.1 Å². The predicted molar refractivity (Wildman–Crippen MR) is 89.6 cm³/mol. The Hall–Kier alpha value is -2.02. The number of nitrogens with zero attached hydrogens (tertiary/aromatic N) is 1. The van der Waals surface area contributed by atoms with Crippen LogP contribution in [0, 0.1) is 0 Å². The van der Waals surface area contributed by atoms with E-state index < -0.39 is 0 Å². The fraction of sp³-hybridized carbons (Fsp3) is 0.500. The number of ether oxygens (including phenoxy) is 2. The first kappa shape index (κ1) is 14.6. The molecule has 0 atom stereocenters. The topological polar surface area (TPSA) is 72.5 Å². The van der Waals surface area contributed by atoms with Crippen molar-refractivity contribution in [2.45, 2.75) is 38.1 Å². The lowest BCUT2D eigenvalue weighted by Gasteiger charge is -2.22. The first-order valence-corrected chi connectivity index (χ1v) is 8.87. The lowest BCUT2D eigenvalue weighted by Crippen LogP contribution is -2.38. The van der Waals surface area contributed by atoms with Crippen LogP contribution in [0.25, 0.3) is 10.2 Å². The van der Waals surface area contributed by atoms with Crippen LogP contribution in [0.4, 0.5) is 9.93 Å². The standard InChI is InChI=1S/C16H19N3O3S/c20-15(17-10-4-2-1-3-5-10)19-16-18-11-8-12-13(9-14(11)23-16)22-7-6-21-12/h8-10H,1-7H2,(H2,17,18,19,20). The summed E-state index contributed by atoms with van der Waals surface area (Å²) in [6.45, 7) is 1.11. The van der Waals surface area contributed by atoms with E-state index in [1.807, 2.05) is 12.1 Å². The fourth-order valence-corrected chi connectivity index (χ4v) is 3.96. The molecule has 1 aromatic heterocycles. The minimum atomic E-state index is -0.173. The number of carbonyl (C=O) groups excluding carboxylic acids is 1. The van der Waals surface area contributed by atoms with Gasteiger partial charge in [-0.2, -0.15) is 0 Å². The lowest BCUT2D eigenvalue weighted by atomic mass is 9.96. The maximum Gasteiger partial charge on any atom is 0.321 e. The highest BCUT2D eigenvalue weighted by molar-refractivity contribution is 7.22. The highest BCUT2D eigenvalue weighted by atomic mass is 32.1. The van der Waals surface area contributed by atoms with Gasteiger partial charge in [0.1, 0.15) is 13.2 Å². The van der Waals surface area contributed by atoms with Crippen molar-refractivity contribution >= 4 is 32.7 Å². The Morgan fingerprint density at radius 1 is 1.13 bits per heavy atom. The molecular formula is C16H19N3O3S. The number of anilines is 1. The number of hydrogen-bond acceptors (Lipinski definition) is 5. The number of benzene rings is 1. The Morgan fingerprint density at radius 2 is 1.87 bits per heavy atom. The number of carbonyl (C=O) groups is 1. The number of nitrogens with one attached hydrogen (secondary N) is 2. The molecule has 0 spiro atoms. The van der Waals surface area contributed by atoms with Gasteiger partial charge in [0.05, 0.1) is 10.2 Å². The summed E-state index contributed by atoms with van der Waals surface area (Å²) in [7, 11) is 0. The van der Waals surface area contributed by atoms with E-state index in [0.717, 1.165) is 28.8 Å². The summed E-state index contributed by atoms with van der Waals surface area (Å²) in [6.07, 6.45) is 5.78. The number of thiazole rings is 1. The fourth-order valence-electron chi connectivity index (χ4n) is 3.08. The zero-order chi connectivity index (χ0) is 15.6. The molecule has 1 fully saturated rings. The summed E-state index contributed by atoms with van der Waals surface area (Å²) in [5.74, 6) is 1.46. The minimum Gasteiger partial charge on any atom is -0.486 e. The Labute approximate surface area is 138 Å². The predicted octanol–water partition coefficient (Wildman–Crippen LogP) is 3.52. The smallest absolute Gasteiger partial charge is 0.321 e. The third kappa shape index (κ3) is 3.19. The summed E-state index contributed by atoms with van der Waals surface area (Å²) in [5, 5.41) is 6.47. The van der Waals surface area contributed by atoms with E-state index in [0.29, 0.717) is 24.1 Å². The van der Waals surface area contributed by atoms with Crippen LogP contribution in [0.2, 0.25) is 0 Å². The third-order valence-electron chi connectivity index (χ3n) is 4.21. The second kappa shape index (κ2) is 6.23. The summed E-state index contributed by atoms with van der Waals surface area (Å²) in [5.41, 5.74) is 0.812. The van der Waals surface area contributed by atoms with Crippen molar-refractivity contribution < 1.29 is 14.3 Å². The first-order valence-electron chi connectivity index (χ1n) is 8.06. The summed E-state index contributed by atoms with van der Waals surface area (Å²) in [4.78, 5) is 16.6. The number of urea groups is 1. The van der Waals surface area contributed by atoms with Crippen molar-refractivity contribution in [2.24, 2.45) is 0 Å². The molecule has 0 saturated heterocycles. The van der Waals surface area contributed by atoms with Crippen molar-refractivity contribution in [1.82, 2.24) is 10.3 Å². The lowest BCUT2D eigenvalue weighted by molar-refractivity contribution is 0.172. The van der Waals surface area contributed by atoms with Crippen molar-refractivity contribution in [3.8, 4) is 11.5 Å². The van der Waals surface area contributed by atoms with Crippen LogP contribution in [0.5, 0.6) is 11.5 Å². The van der Waals surface area contributed by atoms with E-state index in [-0.39, 0.29) is 12.1 Å². The van der Waals surface area contributed by atoms with Gasteiger partial charge in [0.25, 0.3) is 0 Å². The van der Waals surface area contributed by atoms with E-state index >= 15 is 0 Å². The van der Waals surface area contributed by atoms with Gasteiger partial charge in [-0.25, -0.2) is 9.78 Å². The van der Waals surface area contributed by atoms with Gasteiger partial charge in [-0.15, -0.1) is 0 Å². The van der Waals surface area contributed by atoms with Crippen LogP contribution >= 0.6 is 11.3 Å². The zero-order valence-electron chi connectivity index (χ0n) is 12.8. The highest BCUT2D eigenvalue weighted by Crippen LogP contribution is 2.37. The van der Waals surface area contributed by atoms with Gasteiger partial charge in [0.2, 0.25) is 0 Å². The molecule has 4 rings (SSSR count). The Kier molecular flexibility index (Phi) is 3.95. The average Bonchev–Trinajstić information content (AvgIpc) is 2.94. The van der Waals surface area contributed by atoms with Gasteiger partial charge in [0, 0.05) is 18.2 Å². The molecule has 2 heterocycles. The van der Waals surface area contributed by atoms with E-state index in [1.54, 1.807) is 0 Å². The van der Waals surface area contributed by atoms with Crippen LogP contribution in [0.15, 0.2) is 12.1 Å². The molecular weight excluding hydrogens is 314 g/mol. The number of rotatable bonds is 2. The molecule has 2 aromatic rings. The molecule has 122 valence electrons. The van der Waals surface area contributed by atoms with Gasteiger partial charge >= 0.3 is 6.03 Å². The molecule has 7 heteroatoms. The largest absolute Gasteiger partial charge is 0.486 e. The summed E-state index contributed by atoms with van der Waals surface area (Å²) >= 11 is 1.44. The molecule has 2 N–H and O–H groups in total. The first-order chi connectivity index (χ1) is 11.3. The maximum atomic E-state index is 12.1. The van der Waals surface area contributed by atoms with Crippen LogP contribution in [-0.4, -0.2) is 30.3 Å². The zero-order valence-corrected chi connectivity index (χ0v) is 13.6. The Bertz CT molecular complexity index is 682. The minimum absolute atomic E-state index is 0.173. The van der Waals surface area contributed by atoms with Crippen molar-refractivity contribution in [1.29, 1.82) is 0 Å². The molecule has 23 heavy (non-hydrogen) atoms. The van der Waals surface area contributed by atoms with Crippen LogP contribution in [-0.2, 0) is 0 Å². The van der Waals surface area contributed by atoms with E-state index in [2.05, 4.69) is 15.6 Å². The Morgan fingerprint density at radius 3 is 2.65 bits per heavy atom. The van der Waals surface area contributed by atoms with Crippen LogP contribution < -0.4 is 20.1 Å². The second-order valence-corrected chi connectivity index (χ2v) is 6.95. The van der Waals surface area contributed by atoms with Crippen molar-refractivity contribution in [3.05, 3.63) is 12.1 Å². The number of hydrogen-bond donors (Lipinski definition) is 2. The molecule has 1 aliphatic carbocycles. The van der Waals surface area contributed by atoms with Gasteiger partial charge in [-0.1, -0.05) is 30.6 Å². The molecule has 1 aromatic carbocycles. The van der Waals surface area contributed by atoms with Crippen molar-refractivity contribution in [3.63, 3.8) is 0 Å². The van der Waals surface area contributed by atoms with Crippen molar-refractivity contribution in [2.75, 3.05) is 18.5 Å². The van der Waals surface area contributed by atoms with Gasteiger partial charge < -0.3 is 14.8 Å². The number of amides is 2. The third-order valence-corrected chi connectivity index (χ3v) is 5.15. The van der Waals surface area contributed by atoms with Gasteiger partial charge in [0.15, 0.2) is 16.6 Å². The summed E-state index contributed by atoms with van der Waals surface area (Å²) in [6, 6.07) is 3.90. The number of fused-ring (bicyclic) bond motifs is 2. The SMILES string of the molecule is O=C(Nc1nc2cc3c(cc2s1)OCCO3)NC1CCCCC1. The molecule has 0 radical (unpaired) electrons. The summed E-state index contributed by atoms with van der Waals surface area (Å²) < 4.78 is 12.1. The quantitative estimate of drug-likeness (QED) is 0.882. The normalized spacial score (nSPS) is 17.9. The Balaban J connectivity index is 1.47. The van der Waals surface area contributed by atoms with E-state index in [9.17, 15) is 4.79 Å². The van der Waals surface area contributed by atoms with Gasteiger partial charge in [-0.05, 0) is 12.8 Å². The molecule has 1 aliphatic heterocycles. The maximum absolute atomic E-state index is 12.1. The van der Waals surface area contributed by atoms with E-state index in [4.69, 9.17) is 9.47 Å². The highest BCUT2D eigenvalue weighted by Gasteiger charge is 2.18. The van der Waals surface area contributed by atoms with Gasteiger partial charge in [-0.3, -0.25) is 5.32 Å². The number of aromatic nitrogens is 1. The molecule has 0 bridgehead atoms. The second-order valence-electron chi connectivity index (χ2n) is 5.92.